The monoisotopic (exact) mass is 296 g/mol. The summed E-state index contributed by atoms with van der Waals surface area (Å²) in [7, 11) is 0. The van der Waals surface area contributed by atoms with Crippen molar-refractivity contribution in [3.8, 4) is 5.75 Å². The maximum atomic E-state index is 13.1. The summed E-state index contributed by atoms with van der Waals surface area (Å²) in [6.07, 6.45) is 2.93. The van der Waals surface area contributed by atoms with Crippen LogP contribution in [0, 0.1) is 5.92 Å². The Bertz CT molecular complexity index is 747. The molecule has 0 amide bonds. The van der Waals surface area contributed by atoms with Crippen molar-refractivity contribution in [3.05, 3.63) is 53.5 Å². The first-order valence-electron chi connectivity index (χ1n) is 7.80. The number of carbonyl (C=O) groups is 1. The third-order valence-corrected chi connectivity index (χ3v) is 5.16. The van der Waals surface area contributed by atoms with Crippen LogP contribution in [0.1, 0.15) is 35.3 Å². The summed E-state index contributed by atoms with van der Waals surface area (Å²) >= 11 is 0. The molecule has 2 aromatic rings. The maximum Gasteiger partial charge on any atom is 0.149 e. The standard InChI is InChI=1S/C18H16O4/c19-17-12-5-6-14-11(7-8-20-14)18(12)22-15-9-21-13-4-2-1-3-10(13)16(15)17/h1-4,7-8,12,15-16,18H,5-6,9H2. The van der Waals surface area contributed by atoms with Crippen molar-refractivity contribution in [3.63, 3.8) is 0 Å². The summed E-state index contributed by atoms with van der Waals surface area (Å²) in [4.78, 5) is 13.1. The summed E-state index contributed by atoms with van der Waals surface area (Å²) in [6, 6.07) is 9.75. The zero-order chi connectivity index (χ0) is 14.7. The van der Waals surface area contributed by atoms with Crippen molar-refractivity contribution in [2.45, 2.75) is 31.0 Å². The van der Waals surface area contributed by atoms with E-state index in [4.69, 9.17) is 13.9 Å². The normalized spacial score (nSPS) is 32.3. The van der Waals surface area contributed by atoms with Gasteiger partial charge in [-0.25, -0.2) is 0 Å². The summed E-state index contributed by atoms with van der Waals surface area (Å²) in [5.41, 5.74) is 2.02. The van der Waals surface area contributed by atoms with Crippen LogP contribution in [0.5, 0.6) is 5.75 Å². The van der Waals surface area contributed by atoms with Crippen molar-refractivity contribution in [1.82, 2.24) is 0 Å². The van der Waals surface area contributed by atoms with E-state index in [1.165, 1.54) is 0 Å². The van der Waals surface area contributed by atoms with Gasteiger partial charge in [0.15, 0.2) is 0 Å². The molecule has 1 fully saturated rings. The topological polar surface area (TPSA) is 48.7 Å². The molecule has 0 bridgehead atoms. The average molecular weight is 296 g/mol. The smallest absolute Gasteiger partial charge is 0.149 e. The Hall–Kier alpha value is -2.07. The molecule has 3 aliphatic rings. The fraction of sp³-hybridized carbons (Fsp3) is 0.389. The Balaban J connectivity index is 1.58. The van der Waals surface area contributed by atoms with Gasteiger partial charge in [0.25, 0.3) is 0 Å². The van der Waals surface area contributed by atoms with Gasteiger partial charge in [-0.15, -0.1) is 0 Å². The molecule has 2 aliphatic heterocycles. The Kier molecular flexibility index (Phi) is 2.53. The van der Waals surface area contributed by atoms with Gasteiger partial charge in [-0.3, -0.25) is 4.79 Å². The minimum atomic E-state index is -0.204. The molecule has 4 atom stereocenters. The second-order valence-electron chi connectivity index (χ2n) is 6.27. The molecule has 1 aromatic carbocycles. The van der Waals surface area contributed by atoms with Crippen LogP contribution < -0.4 is 4.74 Å². The molecule has 4 nitrogen and oxygen atoms in total. The lowest BCUT2D eigenvalue weighted by molar-refractivity contribution is -0.159. The van der Waals surface area contributed by atoms with Crippen molar-refractivity contribution in [2.24, 2.45) is 5.92 Å². The molecule has 22 heavy (non-hydrogen) atoms. The molecule has 5 rings (SSSR count). The number of hydrogen-bond acceptors (Lipinski definition) is 4. The quantitative estimate of drug-likeness (QED) is 0.750. The largest absolute Gasteiger partial charge is 0.491 e. The zero-order valence-corrected chi connectivity index (χ0v) is 12.0. The number of furan rings is 1. The number of ether oxygens (including phenoxy) is 2. The van der Waals surface area contributed by atoms with Gasteiger partial charge in [0.05, 0.1) is 18.3 Å². The highest BCUT2D eigenvalue weighted by atomic mass is 16.5. The Morgan fingerprint density at radius 1 is 1.09 bits per heavy atom. The molecule has 0 radical (unpaired) electrons. The van der Waals surface area contributed by atoms with Crippen molar-refractivity contribution >= 4 is 5.78 Å². The zero-order valence-electron chi connectivity index (χ0n) is 12.0. The molecule has 0 spiro atoms. The first-order chi connectivity index (χ1) is 10.8. The second kappa shape index (κ2) is 4.46. The number of hydrogen-bond donors (Lipinski definition) is 0. The number of fused-ring (bicyclic) bond motifs is 6. The van der Waals surface area contributed by atoms with E-state index in [9.17, 15) is 4.79 Å². The molecule has 1 aliphatic carbocycles. The van der Waals surface area contributed by atoms with Crippen LogP contribution in [0.15, 0.2) is 41.0 Å². The number of aryl methyl sites for hydroxylation is 1. The number of ketones is 1. The van der Waals surface area contributed by atoms with Crippen LogP contribution in [0.25, 0.3) is 0 Å². The van der Waals surface area contributed by atoms with Gasteiger partial charge in [-0.05, 0) is 18.6 Å². The number of benzene rings is 1. The van der Waals surface area contributed by atoms with E-state index in [-0.39, 0.29) is 24.0 Å². The molecule has 0 N–H and O–H groups in total. The Labute approximate surface area is 128 Å². The van der Waals surface area contributed by atoms with E-state index >= 15 is 0 Å². The molecular weight excluding hydrogens is 280 g/mol. The van der Waals surface area contributed by atoms with Gasteiger partial charge in [0, 0.05) is 23.5 Å². The fourth-order valence-electron chi connectivity index (χ4n) is 4.13. The van der Waals surface area contributed by atoms with E-state index < -0.39 is 0 Å². The second-order valence-corrected chi connectivity index (χ2v) is 6.27. The van der Waals surface area contributed by atoms with E-state index in [2.05, 4.69) is 0 Å². The lowest BCUT2D eigenvalue weighted by atomic mass is 9.72. The SMILES string of the molecule is O=C1C2CCc3occc3C2OC2COc3ccccc3C12. The van der Waals surface area contributed by atoms with Crippen LogP contribution in [0.3, 0.4) is 0 Å². The molecule has 4 unspecified atom stereocenters. The van der Waals surface area contributed by atoms with Crippen LogP contribution >= 0.6 is 0 Å². The van der Waals surface area contributed by atoms with Crippen LogP contribution in [-0.2, 0) is 16.0 Å². The number of para-hydroxylation sites is 1. The number of rotatable bonds is 0. The minimum absolute atomic E-state index is 0.0718. The summed E-state index contributed by atoms with van der Waals surface area (Å²) in [6.45, 7) is 0.434. The molecule has 1 aromatic heterocycles. The molecule has 3 heterocycles. The van der Waals surface area contributed by atoms with Crippen molar-refractivity contribution in [1.29, 1.82) is 0 Å². The van der Waals surface area contributed by atoms with E-state index in [1.54, 1.807) is 6.26 Å². The average Bonchev–Trinajstić information content (AvgIpc) is 3.03. The van der Waals surface area contributed by atoms with E-state index in [0.29, 0.717) is 12.4 Å². The molecule has 112 valence electrons. The van der Waals surface area contributed by atoms with Crippen LogP contribution in [0.4, 0.5) is 0 Å². The van der Waals surface area contributed by atoms with Crippen LogP contribution in [-0.4, -0.2) is 18.5 Å². The van der Waals surface area contributed by atoms with Gasteiger partial charge >= 0.3 is 0 Å². The van der Waals surface area contributed by atoms with Crippen molar-refractivity contribution < 1.29 is 18.7 Å². The maximum absolute atomic E-state index is 13.1. The molecule has 0 saturated carbocycles. The summed E-state index contributed by atoms with van der Waals surface area (Å²) < 4.78 is 17.6. The minimum Gasteiger partial charge on any atom is -0.491 e. The van der Waals surface area contributed by atoms with Gasteiger partial charge in [-0.2, -0.15) is 0 Å². The van der Waals surface area contributed by atoms with Gasteiger partial charge in [-0.1, -0.05) is 18.2 Å². The van der Waals surface area contributed by atoms with Gasteiger partial charge in [0.2, 0.25) is 0 Å². The highest BCUT2D eigenvalue weighted by Crippen LogP contribution is 2.49. The number of Topliss-reactive ketones (excluding diaryl/α,β-unsaturated/α-hetero) is 1. The molecular formula is C18H16O4. The molecule has 4 heteroatoms. The van der Waals surface area contributed by atoms with E-state index in [1.807, 2.05) is 30.3 Å². The summed E-state index contributed by atoms with van der Waals surface area (Å²) in [5.74, 6) is 1.81. The lowest BCUT2D eigenvalue weighted by Gasteiger charge is -2.44. The first-order valence-corrected chi connectivity index (χ1v) is 7.80. The fourth-order valence-corrected chi connectivity index (χ4v) is 4.13. The third kappa shape index (κ3) is 1.59. The molecule has 1 saturated heterocycles. The third-order valence-electron chi connectivity index (χ3n) is 5.16. The highest BCUT2D eigenvalue weighted by molar-refractivity contribution is 5.91. The van der Waals surface area contributed by atoms with Gasteiger partial charge in [0.1, 0.15) is 30.0 Å². The Morgan fingerprint density at radius 3 is 2.95 bits per heavy atom. The predicted octanol–water partition coefficient (Wildman–Crippen LogP) is 3.03. The van der Waals surface area contributed by atoms with Gasteiger partial charge < -0.3 is 13.9 Å². The van der Waals surface area contributed by atoms with Crippen molar-refractivity contribution in [2.75, 3.05) is 6.61 Å². The Morgan fingerprint density at radius 2 is 2.00 bits per heavy atom. The predicted molar refractivity (Wildman–Crippen MR) is 77.8 cm³/mol. The van der Waals surface area contributed by atoms with E-state index in [0.717, 1.165) is 35.5 Å². The highest BCUT2D eigenvalue weighted by Gasteiger charge is 2.50. The lowest BCUT2D eigenvalue weighted by Crippen LogP contribution is -2.48. The first kappa shape index (κ1) is 12.5. The summed E-state index contributed by atoms with van der Waals surface area (Å²) in [5, 5.41) is 0. The number of carbonyl (C=O) groups excluding carboxylic acids is 1. The van der Waals surface area contributed by atoms with Crippen LogP contribution in [0.2, 0.25) is 0 Å².